The van der Waals surface area contributed by atoms with Gasteiger partial charge in [0.1, 0.15) is 4.60 Å². The molecule has 3 nitrogen and oxygen atoms in total. The Kier molecular flexibility index (Phi) is 8.54. The smallest absolute Gasteiger partial charge is 0.349 e. The molecule has 0 amide bonds. The number of aromatic nitrogens is 1. The molecule has 0 aliphatic carbocycles. The van der Waals surface area contributed by atoms with Crippen LogP contribution in [-0.2, 0) is 15.2 Å². The Morgan fingerprint density at radius 2 is 1.86 bits per heavy atom. The molecule has 1 aromatic rings. The number of esters is 1. The molecule has 0 aliphatic rings. The molecule has 0 fully saturated rings. The maximum Gasteiger partial charge on any atom is 0.349 e. The van der Waals surface area contributed by atoms with Crippen LogP contribution < -0.4 is 0 Å². The first kappa shape index (κ1) is 19.6. The largest absolute Gasteiger partial charge is 0.463 e. The number of rotatable bonds is 9. The van der Waals surface area contributed by atoms with E-state index in [9.17, 15) is 9.18 Å². The fraction of sp³-hybridized carbons (Fsp3) is 0.625. The molecule has 0 aliphatic heterocycles. The summed E-state index contributed by atoms with van der Waals surface area (Å²) >= 11 is 6.47. The Hall–Kier alpha value is -0.490. The molecule has 1 heterocycles. The van der Waals surface area contributed by atoms with Gasteiger partial charge in [-0.25, -0.2) is 14.2 Å². The Labute approximate surface area is 148 Å². The van der Waals surface area contributed by atoms with Crippen LogP contribution in [0.1, 0.15) is 58.1 Å². The van der Waals surface area contributed by atoms with E-state index in [0.717, 1.165) is 19.3 Å². The molecule has 1 aromatic heterocycles. The van der Waals surface area contributed by atoms with E-state index in [2.05, 4.69) is 43.8 Å². The Morgan fingerprint density at radius 1 is 1.23 bits per heavy atom. The lowest BCUT2D eigenvalue weighted by Gasteiger charge is -2.18. The summed E-state index contributed by atoms with van der Waals surface area (Å²) in [4.78, 5) is 16.0. The standard InChI is InChI=1S/C16H22Br2FNO2/c1-3-4-5-6-7-8-11-22-15(21)16(2,19)13-10-9-12(17)14(18)20-13/h9-10H,3-8,11H2,1-2H3. The predicted molar refractivity (Wildman–Crippen MR) is 92.4 cm³/mol. The van der Waals surface area contributed by atoms with Crippen LogP contribution in [0.4, 0.5) is 4.39 Å². The Morgan fingerprint density at radius 3 is 2.50 bits per heavy atom. The van der Waals surface area contributed by atoms with Crippen molar-refractivity contribution in [2.75, 3.05) is 6.61 Å². The number of nitrogens with zero attached hydrogens (tertiary/aromatic N) is 1. The molecule has 0 N–H and O–H groups in total. The molecule has 1 atom stereocenters. The number of ether oxygens (including phenoxy) is 1. The van der Waals surface area contributed by atoms with Gasteiger partial charge in [0, 0.05) is 0 Å². The summed E-state index contributed by atoms with van der Waals surface area (Å²) in [5.41, 5.74) is -2.21. The monoisotopic (exact) mass is 437 g/mol. The summed E-state index contributed by atoms with van der Waals surface area (Å²) in [5.74, 6) is -0.886. The lowest BCUT2D eigenvalue weighted by molar-refractivity contribution is -0.157. The summed E-state index contributed by atoms with van der Waals surface area (Å²) in [6.45, 7) is 3.60. The van der Waals surface area contributed by atoms with Gasteiger partial charge in [0.2, 0.25) is 5.67 Å². The van der Waals surface area contributed by atoms with E-state index >= 15 is 0 Å². The Balaban J connectivity index is 2.44. The number of alkyl halides is 1. The van der Waals surface area contributed by atoms with Crippen molar-refractivity contribution in [1.82, 2.24) is 4.98 Å². The highest BCUT2D eigenvalue weighted by Gasteiger charge is 2.38. The average molecular weight is 439 g/mol. The van der Waals surface area contributed by atoms with Crippen LogP contribution in [0.5, 0.6) is 0 Å². The summed E-state index contributed by atoms with van der Waals surface area (Å²) < 4.78 is 20.8. The van der Waals surface area contributed by atoms with Crippen LogP contribution in [0, 0.1) is 0 Å². The third kappa shape index (κ3) is 5.95. The van der Waals surface area contributed by atoms with Crippen molar-refractivity contribution < 1.29 is 13.9 Å². The van der Waals surface area contributed by atoms with E-state index in [1.807, 2.05) is 0 Å². The number of hydrogen-bond donors (Lipinski definition) is 0. The molecule has 6 heteroatoms. The van der Waals surface area contributed by atoms with Crippen molar-refractivity contribution in [3.05, 3.63) is 26.9 Å². The van der Waals surface area contributed by atoms with Crippen LogP contribution >= 0.6 is 31.9 Å². The first-order chi connectivity index (χ1) is 10.4. The molecular formula is C16H22Br2FNO2. The lowest BCUT2D eigenvalue weighted by Crippen LogP contribution is -2.31. The molecule has 124 valence electrons. The molecule has 22 heavy (non-hydrogen) atoms. The van der Waals surface area contributed by atoms with Crippen LogP contribution in [0.15, 0.2) is 21.2 Å². The number of pyridine rings is 1. The molecule has 0 bridgehead atoms. The minimum absolute atomic E-state index is 0.0375. The van der Waals surface area contributed by atoms with Crippen LogP contribution in [-0.4, -0.2) is 17.6 Å². The SMILES string of the molecule is CCCCCCCCOC(=O)C(C)(F)c1ccc(Br)c(Br)n1. The van der Waals surface area contributed by atoms with Crippen molar-refractivity contribution in [3.63, 3.8) is 0 Å². The van der Waals surface area contributed by atoms with Crippen LogP contribution in [0.3, 0.4) is 0 Å². The van der Waals surface area contributed by atoms with Crippen LogP contribution in [0.2, 0.25) is 0 Å². The normalized spacial score (nSPS) is 13.7. The summed E-state index contributed by atoms with van der Waals surface area (Å²) in [5, 5.41) is 0. The number of hydrogen-bond acceptors (Lipinski definition) is 3. The van der Waals surface area contributed by atoms with Gasteiger partial charge in [-0.15, -0.1) is 0 Å². The highest BCUT2D eigenvalue weighted by Crippen LogP contribution is 2.29. The van der Waals surface area contributed by atoms with E-state index in [-0.39, 0.29) is 12.3 Å². The zero-order valence-corrected chi connectivity index (χ0v) is 16.2. The fourth-order valence-electron chi connectivity index (χ4n) is 1.97. The van der Waals surface area contributed by atoms with Gasteiger partial charge in [0.15, 0.2) is 0 Å². The summed E-state index contributed by atoms with van der Waals surface area (Å²) in [7, 11) is 0. The van der Waals surface area contributed by atoms with Gasteiger partial charge < -0.3 is 4.74 Å². The average Bonchev–Trinajstić information content (AvgIpc) is 2.48. The Bertz CT molecular complexity index is 495. The zero-order chi connectivity index (χ0) is 16.6. The topological polar surface area (TPSA) is 39.2 Å². The van der Waals surface area contributed by atoms with E-state index in [1.54, 1.807) is 6.07 Å². The van der Waals surface area contributed by atoms with Crippen molar-refractivity contribution in [3.8, 4) is 0 Å². The number of carbonyl (C=O) groups excluding carboxylic acids is 1. The molecular weight excluding hydrogens is 417 g/mol. The van der Waals surface area contributed by atoms with Gasteiger partial charge in [-0.05, 0) is 57.3 Å². The molecule has 1 rings (SSSR count). The van der Waals surface area contributed by atoms with E-state index < -0.39 is 11.6 Å². The second kappa shape index (κ2) is 9.60. The number of unbranched alkanes of at least 4 members (excludes halogenated alkanes) is 5. The van der Waals surface area contributed by atoms with Crippen molar-refractivity contribution in [2.24, 2.45) is 0 Å². The van der Waals surface area contributed by atoms with Gasteiger partial charge in [-0.3, -0.25) is 0 Å². The fourth-order valence-corrected chi connectivity index (χ4v) is 2.51. The minimum atomic E-state index is -2.24. The second-order valence-corrected chi connectivity index (χ2v) is 6.98. The van der Waals surface area contributed by atoms with Gasteiger partial charge in [-0.1, -0.05) is 39.0 Å². The maximum absolute atomic E-state index is 14.6. The highest BCUT2D eigenvalue weighted by atomic mass is 79.9. The maximum atomic E-state index is 14.6. The third-order valence-corrected chi connectivity index (χ3v) is 5.18. The highest BCUT2D eigenvalue weighted by molar-refractivity contribution is 9.13. The predicted octanol–water partition coefficient (Wildman–Crippen LogP) is 5.70. The van der Waals surface area contributed by atoms with E-state index in [1.165, 1.54) is 32.3 Å². The minimum Gasteiger partial charge on any atom is -0.463 e. The third-order valence-electron chi connectivity index (χ3n) is 3.40. The molecule has 0 saturated carbocycles. The second-order valence-electron chi connectivity index (χ2n) is 5.38. The van der Waals surface area contributed by atoms with Crippen molar-refractivity contribution >= 4 is 37.8 Å². The molecule has 1 unspecified atom stereocenters. The first-order valence-electron chi connectivity index (χ1n) is 7.58. The van der Waals surface area contributed by atoms with Gasteiger partial charge in [0.05, 0.1) is 16.8 Å². The van der Waals surface area contributed by atoms with Gasteiger partial charge in [0.25, 0.3) is 0 Å². The quantitative estimate of drug-likeness (QED) is 0.282. The van der Waals surface area contributed by atoms with E-state index in [4.69, 9.17) is 4.74 Å². The van der Waals surface area contributed by atoms with Crippen LogP contribution in [0.25, 0.3) is 0 Å². The lowest BCUT2D eigenvalue weighted by atomic mass is 10.0. The van der Waals surface area contributed by atoms with Crippen molar-refractivity contribution in [2.45, 2.75) is 58.0 Å². The number of halogens is 3. The van der Waals surface area contributed by atoms with E-state index in [0.29, 0.717) is 9.08 Å². The van der Waals surface area contributed by atoms with Crippen molar-refractivity contribution in [1.29, 1.82) is 0 Å². The van der Waals surface area contributed by atoms with Gasteiger partial charge >= 0.3 is 5.97 Å². The summed E-state index contributed by atoms with van der Waals surface area (Å²) in [6, 6.07) is 3.12. The van der Waals surface area contributed by atoms with Gasteiger partial charge in [-0.2, -0.15) is 0 Å². The first-order valence-corrected chi connectivity index (χ1v) is 9.16. The zero-order valence-electron chi connectivity index (χ0n) is 13.0. The molecule has 0 saturated heterocycles. The molecule has 0 radical (unpaired) electrons. The molecule has 0 aromatic carbocycles. The number of carbonyl (C=O) groups is 1. The molecule has 0 spiro atoms. The summed E-state index contributed by atoms with van der Waals surface area (Å²) in [6.07, 6.45) is 6.51.